The molecule has 2 nitrogen and oxygen atoms in total. The molecule has 0 aliphatic heterocycles. The highest BCUT2D eigenvalue weighted by Gasteiger charge is 2.63. The molecule has 0 aromatic heterocycles. The SMILES string of the molecule is C#C[C@]1(O)CC[C@@H]2[C@@H]3CCC4=CC(=O)CC[C@]4(C)[C@H]3CC[C@@]21C. The molecule has 6 atom stereocenters. The molecule has 3 saturated carbocycles. The Labute approximate surface area is 139 Å². The van der Waals surface area contributed by atoms with Crippen LogP contribution in [0.4, 0.5) is 0 Å². The summed E-state index contributed by atoms with van der Waals surface area (Å²) in [5, 5.41) is 11.0. The van der Waals surface area contributed by atoms with Crippen molar-refractivity contribution in [2.45, 2.75) is 70.8 Å². The zero-order valence-corrected chi connectivity index (χ0v) is 14.4. The van der Waals surface area contributed by atoms with Crippen LogP contribution in [-0.2, 0) is 4.79 Å². The maximum Gasteiger partial charge on any atom is 0.155 e. The van der Waals surface area contributed by atoms with E-state index in [1.165, 1.54) is 12.0 Å². The summed E-state index contributed by atoms with van der Waals surface area (Å²) < 4.78 is 0. The predicted octanol–water partition coefficient (Wildman–Crippen LogP) is 3.88. The third-order valence-electron chi connectivity index (χ3n) is 8.35. The molecule has 4 rings (SSSR count). The molecule has 0 unspecified atom stereocenters. The van der Waals surface area contributed by atoms with E-state index in [2.05, 4.69) is 19.8 Å². The van der Waals surface area contributed by atoms with Gasteiger partial charge < -0.3 is 5.11 Å². The summed E-state index contributed by atoms with van der Waals surface area (Å²) in [7, 11) is 0. The Hall–Kier alpha value is -1.07. The number of rotatable bonds is 0. The quantitative estimate of drug-likeness (QED) is 0.689. The highest BCUT2D eigenvalue weighted by molar-refractivity contribution is 5.91. The van der Waals surface area contributed by atoms with Gasteiger partial charge in [-0.25, -0.2) is 0 Å². The van der Waals surface area contributed by atoms with E-state index in [0.717, 1.165) is 38.5 Å². The topological polar surface area (TPSA) is 37.3 Å². The minimum atomic E-state index is -0.914. The van der Waals surface area contributed by atoms with Crippen molar-refractivity contribution in [1.29, 1.82) is 0 Å². The third kappa shape index (κ3) is 1.84. The average Bonchev–Trinajstić information content (AvgIpc) is 2.80. The second-order valence-electron chi connectivity index (χ2n) is 8.97. The monoisotopic (exact) mass is 312 g/mol. The van der Waals surface area contributed by atoms with Crippen molar-refractivity contribution in [3.63, 3.8) is 0 Å². The number of ketones is 1. The van der Waals surface area contributed by atoms with Gasteiger partial charge in [-0.2, -0.15) is 0 Å². The molecular weight excluding hydrogens is 284 g/mol. The first-order valence-corrected chi connectivity index (χ1v) is 9.28. The molecule has 23 heavy (non-hydrogen) atoms. The van der Waals surface area contributed by atoms with Gasteiger partial charge in [0.1, 0.15) is 5.60 Å². The number of terminal acetylenes is 1. The van der Waals surface area contributed by atoms with Crippen LogP contribution < -0.4 is 0 Å². The molecule has 2 heteroatoms. The van der Waals surface area contributed by atoms with Crippen molar-refractivity contribution in [2.24, 2.45) is 28.6 Å². The fourth-order valence-electron chi connectivity index (χ4n) is 6.81. The lowest BCUT2D eigenvalue weighted by Crippen LogP contribution is -2.54. The Morgan fingerprint density at radius 3 is 2.61 bits per heavy atom. The van der Waals surface area contributed by atoms with Crippen LogP contribution in [-0.4, -0.2) is 16.5 Å². The number of hydrogen-bond acceptors (Lipinski definition) is 2. The molecule has 4 aliphatic rings. The van der Waals surface area contributed by atoms with Gasteiger partial charge in [-0.1, -0.05) is 25.3 Å². The zero-order valence-electron chi connectivity index (χ0n) is 14.4. The smallest absolute Gasteiger partial charge is 0.155 e. The van der Waals surface area contributed by atoms with Gasteiger partial charge in [0.25, 0.3) is 0 Å². The molecule has 124 valence electrons. The normalized spacial score (nSPS) is 52.0. The Bertz CT molecular complexity index is 626. The second kappa shape index (κ2) is 4.73. The van der Waals surface area contributed by atoms with Gasteiger partial charge >= 0.3 is 0 Å². The molecule has 0 saturated heterocycles. The fraction of sp³-hybridized carbons (Fsp3) is 0.762. The van der Waals surface area contributed by atoms with Crippen molar-refractivity contribution < 1.29 is 9.90 Å². The van der Waals surface area contributed by atoms with E-state index in [-0.39, 0.29) is 10.8 Å². The van der Waals surface area contributed by atoms with Crippen LogP contribution in [0.25, 0.3) is 0 Å². The fourth-order valence-corrected chi connectivity index (χ4v) is 6.81. The van der Waals surface area contributed by atoms with E-state index in [9.17, 15) is 9.90 Å². The van der Waals surface area contributed by atoms with Crippen LogP contribution >= 0.6 is 0 Å². The van der Waals surface area contributed by atoms with E-state index < -0.39 is 5.60 Å². The van der Waals surface area contributed by atoms with Crippen molar-refractivity contribution >= 4 is 5.78 Å². The molecule has 0 amide bonds. The largest absolute Gasteiger partial charge is 0.377 e. The Morgan fingerprint density at radius 1 is 1.13 bits per heavy atom. The number of aliphatic hydroxyl groups is 1. The van der Waals surface area contributed by atoms with Gasteiger partial charge in [-0.15, -0.1) is 6.42 Å². The molecule has 0 spiro atoms. The Kier molecular flexibility index (Phi) is 3.18. The minimum Gasteiger partial charge on any atom is -0.377 e. The third-order valence-corrected chi connectivity index (χ3v) is 8.35. The number of allylic oxidation sites excluding steroid dienone is 1. The van der Waals surface area contributed by atoms with Crippen molar-refractivity contribution in [3.05, 3.63) is 11.6 Å². The lowest BCUT2D eigenvalue weighted by atomic mass is 9.46. The molecule has 0 aromatic rings. The average molecular weight is 312 g/mol. The van der Waals surface area contributed by atoms with Crippen LogP contribution in [0.3, 0.4) is 0 Å². The predicted molar refractivity (Wildman–Crippen MR) is 90.5 cm³/mol. The van der Waals surface area contributed by atoms with Crippen LogP contribution in [0.1, 0.15) is 65.2 Å². The van der Waals surface area contributed by atoms with Gasteiger partial charge in [-0.05, 0) is 74.2 Å². The van der Waals surface area contributed by atoms with E-state index in [1.54, 1.807) is 0 Å². The van der Waals surface area contributed by atoms with E-state index in [4.69, 9.17) is 6.42 Å². The summed E-state index contributed by atoms with van der Waals surface area (Å²) in [4.78, 5) is 11.8. The van der Waals surface area contributed by atoms with Gasteiger partial charge in [0.2, 0.25) is 0 Å². The molecule has 0 heterocycles. The number of carbonyl (C=O) groups excluding carboxylic acids is 1. The molecular formula is C21H28O2. The van der Waals surface area contributed by atoms with Gasteiger partial charge in [0, 0.05) is 11.8 Å². The highest BCUT2D eigenvalue weighted by atomic mass is 16.3. The number of hydrogen-bond donors (Lipinski definition) is 1. The van der Waals surface area contributed by atoms with Crippen molar-refractivity contribution in [2.75, 3.05) is 0 Å². The molecule has 1 N–H and O–H groups in total. The van der Waals surface area contributed by atoms with E-state index in [1.807, 2.05) is 6.08 Å². The summed E-state index contributed by atoms with van der Waals surface area (Å²) in [6.45, 7) is 4.63. The van der Waals surface area contributed by atoms with Crippen molar-refractivity contribution in [3.8, 4) is 12.3 Å². The minimum absolute atomic E-state index is 0.120. The Morgan fingerprint density at radius 2 is 1.87 bits per heavy atom. The maximum atomic E-state index is 11.8. The zero-order chi connectivity index (χ0) is 16.5. The van der Waals surface area contributed by atoms with Crippen molar-refractivity contribution in [1.82, 2.24) is 0 Å². The summed E-state index contributed by atoms with van der Waals surface area (Å²) >= 11 is 0. The lowest BCUT2D eigenvalue weighted by molar-refractivity contribution is -0.119. The maximum absolute atomic E-state index is 11.8. The highest BCUT2D eigenvalue weighted by Crippen LogP contribution is 2.67. The van der Waals surface area contributed by atoms with E-state index in [0.29, 0.717) is 30.0 Å². The van der Waals surface area contributed by atoms with Crippen LogP contribution in [0, 0.1) is 40.9 Å². The second-order valence-corrected chi connectivity index (χ2v) is 8.97. The first-order valence-electron chi connectivity index (χ1n) is 9.28. The molecule has 3 fully saturated rings. The van der Waals surface area contributed by atoms with Crippen LogP contribution in [0.2, 0.25) is 0 Å². The van der Waals surface area contributed by atoms with Crippen LogP contribution in [0.15, 0.2) is 11.6 Å². The van der Waals surface area contributed by atoms with E-state index >= 15 is 0 Å². The summed E-state index contributed by atoms with van der Waals surface area (Å²) in [6, 6.07) is 0. The number of carbonyl (C=O) groups is 1. The van der Waals surface area contributed by atoms with Crippen LogP contribution in [0.5, 0.6) is 0 Å². The van der Waals surface area contributed by atoms with Gasteiger partial charge in [-0.3, -0.25) is 4.79 Å². The molecule has 0 bridgehead atoms. The van der Waals surface area contributed by atoms with Gasteiger partial charge in [0.15, 0.2) is 5.78 Å². The summed E-state index contributed by atoms with van der Waals surface area (Å²) in [5.41, 5.74) is 0.575. The lowest BCUT2D eigenvalue weighted by Gasteiger charge is -2.58. The molecule has 0 radical (unpaired) electrons. The number of fused-ring (bicyclic) bond motifs is 5. The Balaban J connectivity index is 1.70. The standard InChI is InChI=1S/C21H28O2/c1-4-21(23)12-9-18-16-6-5-14-13-15(22)7-10-19(14,2)17(16)8-11-20(18,21)3/h1,13,16-18,23H,5-12H2,2-3H3/t16-,17+,18-,19+,20+,21+/m1/s1. The van der Waals surface area contributed by atoms with Gasteiger partial charge in [0.05, 0.1) is 0 Å². The molecule has 4 aliphatic carbocycles. The first kappa shape index (κ1) is 15.5. The first-order chi connectivity index (χ1) is 10.8. The molecule has 0 aromatic carbocycles. The summed E-state index contributed by atoms with van der Waals surface area (Å²) in [5.74, 6) is 4.93. The summed E-state index contributed by atoms with van der Waals surface area (Å²) in [6.07, 6.45) is 15.6.